The summed E-state index contributed by atoms with van der Waals surface area (Å²) in [6, 6.07) is 18.2. The van der Waals surface area contributed by atoms with Gasteiger partial charge in [0, 0.05) is 17.6 Å². The zero-order chi connectivity index (χ0) is 30.3. The predicted octanol–water partition coefficient (Wildman–Crippen LogP) is 5.46. The lowest BCUT2D eigenvalue weighted by atomic mass is 10.1. The van der Waals surface area contributed by atoms with Crippen LogP contribution in [0.15, 0.2) is 76.1 Å². The number of benzene rings is 3. The van der Waals surface area contributed by atoms with E-state index in [0.29, 0.717) is 12.3 Å². The quantitative estimate of drug-likeness (QED) is 0.283. The Labute approximate surface area is 251 Å². The van der Waals surface area contributed by atoms with Gasteiger partial charge >= 0.3 is 0 Å². The van der Waals surface area contributed by atoms with Crippen molar-refractivity contribution in [2.45, 2.75) is 52.1 Å². The zero-order valence-electron chi connectivity index (χ0n) is 24.3. The lowest BCUT2D eigenvalue weighted by Crippen LogP contribution is -2.51. The first-order valence-electron chi connectivity index (χ1n) is 13.4. The fourth-order valence-electron chi connectivity index (χ4n) is 4.21. The third-order valence-electron chi connectivity index (χ3n) is 6.58. The van der Waals surface area contributed by atoms with Crippen molar-refractivity contribution in [3.05, 3.63) is 87.9 Å². The van der Waals surface area contributed by atoms with Gasteiger partial charge in [-0.25, -0.2) is 8.42 Å². The number of anilines is 1. The van der Waals surface area contributed by atoms with Crippen LogP contribution < -0.4 is 14.4 Å². The normalized spacial score (nSPS) is 12.1. The maximum absolute atomic E-state index is 14.1. The van der Waals surface area contributed by atoms with Crippen LogP contribution in [0.25, 0.3) is 0 Å². The minimum atomic E-state index is -4.20. The molecule has 0 radical (unpaired) electrons. The van der Waals surface area contributed by atoms with E-state index in [9.17, 15) is 18.0 Å². The number of amides is 2. The molecule has 1 N–H and O–H groups in total. The number of carbonyl (C=O) groups is 2. The molecule has 0 fully saturated rings. The van der Waals surface area contributed by atoms with Gasteiger partial charge in [0.25, 0.3) is 10.0 Å². The van der Waals surface area contributed by atoms with E-state index in [1.54, 1.807) is 31.2 Å². The summed E-state index contributed by atoms with van der Waals surface area (Å²) in [6.45, 7) is 9.35. The summed E-state index contributed by atoms with van der Waals surface area (Å²) in [5.41, 5.74) is 2.73. The smallest absolute Gasteiger partial charge is 0.264 e. The van der Waals surface area contributed by atoms with Gasteiger partial charge in [0.2, 0.25) is 11.8 Å². The van der Waals surface area contributed by atoms with E-state index >= 15 is 0 Å². The molecule has 0 unspecified atom stereocenters. The molecule has 0 saturated carbocycles. The van der Waals surface area contributed by atoms with E-state index in [1.165, 1.54) is 24.1 Å². The fourth-order valence-corrected chi connectivity index (χ4v) is 6.08. The molecule has 3 aromatic rings. The van der Waals surface area contributed by atoms with Gasteiger partial charge < -0.3 is 15.0 Å². The summed E-state index contributed by atoms with van der Waals surface area (Å²) < 4.78 is 35.6. The van der Waals surface area contributed by atoms with Crippen molar-refractivity contribution in [3.63, 3.8) is 0 Å². The van der Waals surface area contributed by atoms with E-state index in [1.807, 2.05) is 58.0 Å². The van der Waals surface area contributed by atoms with Crippen LogP contribution in [0.1, 0.15) is 37.5 Å². The Kier molecular flexibility index (Phi) is 11.0. The summed E-state index contributed by atoms with van der Waals surface area (Å²) in [5.74, 6) is -0.316. The lowest BCUT2D eigenvalue weighted by molar-refractivity contribution is -0.139. The van der Waals surface area contributed by atoms with Crippen molar-refractivity contribution < 1.29 is 22.7 Å². The Morgan fingerprint density at radius 2 is 1.61 bits per heavy atom. The van der Waals surface area contributed by atoms with Crippen LogP contribution in [-0.2, 0) is 26.2 Å². The van der Waals surface area contributed by atoms with Crippen LogP contribution in [-0.4, -0.2) is 51.4 Å². The molecular weight excluding hydrogens is 606 g/mol. The molecule has 0 aliphatic rings. The van der Waals surface area contributed by atoms with Gasteiger partial charge in [0.15, 0.2) is 0 Å². The third kappa shape index (κ3) is 8.33. The third-order valence-corrected chi connectivity index (χ3v) is 8.85. The molecule has 0 saturated heterocycles. The Balaban J connectivity index is 2.08. The number of hydrogen-bond acceptors (Lipinski definition) is 5. The van der Waals surface area contributed by atoms with Crippen LogP contribution in [0.2, 0.25) is 0 Å². The molecule has 0 spiro atoms. The summed E-state index contributed by atoms with van der Waals surface area (Å²) >= 11 is 3.46. The van der Waals surface area contributed by atoms with E-state index in [0.717, 1.165) is 25.5 Å². The average molecular weight is 645 g/mol. The Morgan fingerprint density at radius 3 is 2.22 bits per heavy atom. The van der Waals surface area contributed by atoms with Crippen LogP contribution in [0.5, 0.6) is 5.75 Å². The van der Waals surface area contributed by atoms with Gasteiger partial charge in [-0.2, -0.15) is 0 Å². The number of rotatable bonds is 12. The minimum absolute atomic E-state index is 0.0423. The van der Waals surface area contributed by atoms with Crippen molar-refractivity contribution in [2.24, 2.45) is 5.92 Å². The second kappa shape index (κ2) is 14.0. The standard InChI is InChI=1S/C31H38BrN3O5S/c1-21(2)18-33-31(37)24(5)34(19-25-8-7-9-26(32)17-25)30(36)20-35(28-16-23(4)12-15-29(28)40-6)41(38,39)27-13-10-22(3)11-14-27/h7-17,21,24H,18-20H2,1-6H3,(H,33,37)/t24-/m1/s1. The first-order chi connectivity index (χ1) is 19.3. The number of hydrogen-bond donors (Lipinski definition) is 1. The monoisotopic (exact) mass is 643 g/mol. The van der Waals surface area contributed by atoms with Crippen molar-refractivity contribution >= 4 is 43.5 Å². The molecule has 0 aliphatic heterocycles. The number of ether oxygens (including phenoxy) is 1. The number of halogens is 1. The molecule has 41 heavy (non-hydrogen) atoms. The first kappa shape index (κ1) is 32.1. The number of aryl methyl sites for hydroxylation is 2. The van der Waals surface area contributed by atoms with Crippen LogP contribution >= 0.6 is 15.9 Å². The van der Waals surface area contributed by atoms with Gasteiger partial charge in [0.05, 0.1) is 17.7 Å². The number of carbonyl (C=O) groups excluding carboxylic acids is 2. The molecule has 3 rings (SSSR count). The highest BCUT2D eigenvalue weighted by Gasteiger charge is 2.34. The Hall–Kier alpha value is -3.37. The van der Waals surface area contributed by atoms with Crippen molar-refractivity contribution in [1.82, 2.24) is 10.2 Å². The van der Waals surface area contributed by atoms with Gasteiger partial charge in [-0.3, -0.25) is 13.9 Å². The molecule has 2 amide bonds. The van der Waals surface area contributed by atoms with Gasteiger partial charge in [-0.1, -0.05) is 65.7 Å². The number of nitrogens with zero attached hydrogens (tertiary/aromatic N) is 2. The van der Waals surface area contributed by atoms with Gasteiger partial charge in [-0.15, -0.1) is 0 Å². The van der Waals surface area contributed by atoms with Crippen molar-refractivity contribution in [3.8, 4) is 5.75 Å². The molecule has 0 aliphatic carbocycles. The molecule has 220 valence electrons. The van der Waals surface area contributed by atoms with E-state index in [2.05, 4.69) is 21.2 Å². The van der Waals surface area contributed by atoms with Gasteiger partial charge in [-0.05, 0) is 74.2 Å². The van der Waals surface area contributed by atoms with Crippen LogP contribution in [0.3, 0.4) is 0 Å². The lowest BCUT2D eigenvalue weighted by Gasteiger charge is -2.32. The Morgan fingerprint density at radius 1 is 0.951 bits per heavy atom. The summed E-state index contributed by atoms with van der Waals surface area (Å²) in [4.78, 5) is 28.7. The minimum Gasteiger partial charge on any atom is -0.495 e. The van der Waals surface area contributed by atoms with E-state index in [4.69, 9.17) is 4.74 Å². The van der Waals surface area contributed by atoms with Crippen molar-refractivity contribution in [2.75, 3.05) is 24.5 Å². The van der Waals surface area contributed by atoms with E-state index < -0.39 is 28.5 Å². The average Bonchev–Trinajstić information content (AvgIpc) is 2.93. The largest absolute Gasteiger partial charge is 0.495 e. The maximum atomic E-state index is 14.1. The maximum Gasteiger partial charge on any atom is 0.264 e. The molecule has 10 heteroatoms. The fraction of sp³-hybridized carbons (Fsp3) is 0.355. The molecule has 3 aromatic carbocycles. The number of sulfonamides is 1. The molecule has 0 bridgehead atoms. The highest BCUT2D eigenvalue weighted by atomic mass is 79.9. The molecule has 1 atom stereocenters. The second-order valence-electron chi connectivity index (χ2n) is 10.5. The van der Waals surface area contributed by atoms with Crippen LogP contribution in [0, 0.1) is 19.8 Å². The van der Waals surface area contributed by atoms with Crippen molar-refractivity contribution in [1.29, 1.82) is 0 Å². The SMILES string of the molecule is COc1ccc(C)cc1N(CC(=O)N(Cc1cccc(Br)c1)[C@H](C)C(=O)NCC(C)C)S(=O)(=O)c1ccc(C)cc1. The molecule has 0 aromatic heterocycles. The highest BCUT2D eigenvalue weighted by Crippen LogP contribution is 2.34. The summed E-state index contributed by atoms with van der Waals surface area (Å²) in [7, 11) is -2.75. The Bertz CT molecular complexity index is 1480. The summed E-state index contributed by atoms with van der Waals surface area (Å²) in [6.07, 6.45) is 0. The topological polar surface area (TPSA) is 96.0 Å². The van der Waals surface area contributed by atoms with E-state index in [-0.39, 0.29) is 29.0 Å². The summed E-state index contributed by atoms with van der Waals surface area (Å²) in [5, 5.41) is 2.89. The zero-order valence-corrected chi connectivity index (χ0v) is 26.8. The molecular formula is C31H38BrN3O5S. The predicted molar refractivity (Wildman–Crippen MR) is 165 cm³/mol. The molecule has 8 nitrogen and oxygen atoms in total. The first-order valence-corrected chi connectivity index (χ1v) is 15.6. The second-order valence-corrected chi connectivity index (χ2v) is 13.2. The highest BCUT2D eigenvalue weighted by molar-refractivity contribution is 9.10. The van der Waals surface area contributed by atoms with Gasteiger partial charge in [0.1, 0.15) is 18.3 Å². The number of methoxy groups -OCH3 is 1. The van der Waals surface area contributed by atoms with Crippen LogP contribution in [0.4, 0.5) is 5.69 Å². The number of nitrogens with one attached hydrogen (secondary N) is 1. The molecule has 0 heterocycles.